The SMILES string of the molecule is CNc1ccc(S(=O)(=O)NCc2c(C)nn(C)c2C)cn1. The van der Waals surface area contributed by atoms with E-state index in [9.17, 15) is 8.42 Å². The van der Waals surface area contributed by atoms with Crippen molar-refractivity contribution in [1.82, 2.24) is 19.5 Å². The highest BCUT2D eigenvalue weighted by Crippen LogP contribution is 2.14. The second-order valence-corrected chi connectivity index (χ2v) is 6.49. The number of aryl methyl sites for hydroxylation is 2. The number of anilines is 1. The molecule has 0 aliphatic heterocycles. The summed E-state index contributed by atoms with van der Waals surface area (Å²) < 4.78 is 28.8. The lowest BCUT2D eigenvalue weighted by molar-refractivity contribution is 0.580. The minimum atomic E-state index is -3.59. The maximum atomic E-state index is 12.2. The monoisotopic (exact) mass is 309 g/mol. The number of hydrogen-bond acceptors (Lipinski definition) is 5. The second kappa shape index (κ2) is 5.82. The third kappa shape index (κ3) is 3.22. The first-order valence-electron chi connectivity index (χ1n) is 6.47. The summed E-state index contributed by atoms with van der Waals surface area (Å²) in [6, 6.07) is 3.14. The molecule has 0 fully saturated rings. The number of pyridine rings is 1. The van der Waals surface area contributed by atoms with Gasteiger partial charge in [-0.2, -0.15) is 5.10 Å². The highest BCUT2D eigenvalue weighted by Gasteiger charge is 2.17. The molecule has 0 bridgehead atoms. The molecule has 0 aliphatic rings. The molecule has 2 heterocycles. The molecule has 0 aromatic carbocycles. The van der Waals surface area contributed by atoms with E-state index in [4.69, 9.17) is 0 Å². The molecule has 0 amide bonds. The van der Waals surface area contributed by atoms with Crippen molar-refractivity contribution in [2.24, 2.45) is 7.05 Å². The van der Waals surface area contributed by atoms with E-state index in [1.807, 2.05) is 20.9 Å². The fourth-order valence-corrected chi connectivity index (χ4v) is 2.95. The van der Waals surface area contributed by atoms with Gasteiger partial charge in [-0.05, 0) is 26.0 Å². The van der Waals surface area contributed by atoms with E-state index in [1.54, 1.807) is 17.8 Å². The zero-order valence-electron chi connectivity index (χ0n) is 12.5. The maximum absolute atomic E-state index is 12.2. The van der Waals surface area contributed by atoms with E-state index < -0.39 is 10.0 Å². The summed E-state index contributed by atoms with van der Waals surface area (Å²) in [5.41, 5.74) is 2.65. The van der Waals surface area contributed by atoms with Gasteiger partial charge in [-0.3, -0.25) is 4.68 Å². The fraction of sp³-hybridized carbons (Fsp3) is 0.385. The van der Waals surface area contributed by atoms with Gasteiger partial charge in [0.25, 0.3) is 0 Å². The predicted octanol–water partition coefficient (Wildman–Crippen LogP) is 0.952. The van der Waals surface area contributed by atoms with E-state index in [0.29, 0.717) is 5.82 Å². The van der Waals surface area contributed by atoms with Gasteiger partial charge in [0.1, 0.15) is 10.7 Å². The molecule has 7 nitrogen and oxygen atoms in total. The first kappa shape index (κ1) is 15.5. The highest BCUT2D eigenvalue weighted by molar-refractivity contribution is 7.89. The number of rotatable bonds is 5. The van der Waals surface area contributed by atoms with Crippen LogP contribution in [0.25, 0.3) is 0 Å². The van der Waals surface area contributed by atoms with Crippen molar-refractivity contribution in [2.75, 3.05) is 12.4 Å². The van der Waals surface area contributed by atoms with Crippen LogP contribution in [0.5, 0.6) is 0 Å². The van der Waals surface area contributed by atoms with Gasteiger partial charge in [0.15, 0.2) is 0 Å². The Kier molecular flexibility index (Phi) is 4.29. The highest BCUT2D eigenvalue weighted by atomic mass is 32.2. The quantitative estimate of drug-likeness (QED) is 0.858. The van der Waals surface area contributed by atoms with Gasteiger partial charge >= 0.3 is 0 Å². The molecule has 0 atom stereocenters. The Morgan fingerprint density at radius 3 is 2.48 bits per heavy atom. The summed E-state index contributed by atoms with van der Waals surface area (Å²) >= 11 is 0. The summed E-state index contributed by atoms with van der Waals surface area (Å²) in [5, 5.41) is 7.11. The van der Waals surface area contributed by atoms with Crippen molar-refractivity contribution >= 4 is 15.8 Å². The normalized spacial score (nSPS) is 11.6. The van der Waals surface area contributed by atoms with E-state index >= 15 is 0 Å². The van der Waals surface area contributed by atoms with Gasteiger partial charge in [-0.25, -0.2) is 18.1 Å². The average Bonchev–Trinajstić information content (AvgIpc) is 2.70. The van der Waals surface area contributed by atoms with Crippen LogP contribution < -0.4 is 10.0 Å². The van der Waals surface area contributed by atoms with Crippen molar-refractivity contribution in [3.8, 4) is 0 Å². The molecule has 21 heavy (non-hydrogen) atoms. The van der Waals surface area contributed by atoms with Gasteiger partial charge in [0.05, 0.1) is 5.69 Å². The summed E-state index contributed by atoms with van der Waals surface area (Å²) in [5.74, 6) is 0.618. The molecule has 0 unspecified atom stereocenters. The van der Waals surface area contributed by atoms with Crippen LogP contribution in [0.3, 0.4) is 0 Å². The third-order valence-corrected chi connectivity index (χ3v) is 4.79. The summed E-state index contributed by atoms with van der Waals surface area (Å²) in [6.07, 6.45) is 1.33. The molecule has 2 N–H and O–H groups in total. The molecule has 0 saturated carbocycles. The number of sulfonamides is 1. The van der Waals surface area contributed by atoms with Crippen molar-refractivity contribution in [3.63, 3.8) is 0 Å². The van der Waals surface area contributed by atoms with Crippen LogP contribution in [0.4, 0.5) is 5.82 Å². The standard InChI is InChI=1S/C13H19N5O2S/c1-9-12(10(2)18(4)17-9)8-16-21(19,20)11-5-6-13(14-3)15-7-11/h5-7,16H,8H2,1-4H3,(H,14,15). The van der Waals surface area contributed by atoms with Crippen LogP contribution in [0.2, 0.25) is 0 Å². The molecule has 2 aromatic heterocycles. The average molecular weight is 309 g/mol. The zero-order valence-corrected chi connectivity index (χ0v) is 13.3. The topological polar surface area (TPSA) is 88.9 Å². The van der Waals surface area contributed by atoms with Crippen LogP contribution in [-0.4, -0.2) is 30.2 Å². The molecular weight excluding hydrogens is 290 g/mol. The Bertz CT molecular complexity index is 735. The van der Waals surface area contributed by atoms with Gasteiger partial charge in [0, 0.05) is 38.1 Å². The minimum Gasteiger partial charge on any atom is -0.373 e. The molecule has 0 radical (unpaired) electrons. The largest absolute Gasteiger partial charge is 0.373 e. The lowest BCUT2D eigenvalue weighted by Gasteiger charge is -2.07. The maximum Gasteiger partial charge on any atom is 0.242 e. The van der Waals surface area contributed by atoms with Gasteiger partial charge < -0.3 is 5.32 Å². The Balaban J connectivity index is 2.17. The van der Waals surface area contributed by atoms with Crippen LogP contribution >= 0.6 is 0 Å². The van der Waals surface area contributed by atoms with E-state index in [1.165, 1.54) is 12.3 Å². The number of hydrogen-bond donors (Lipinski definition) is 2. The lowest BCUT2D eigenvalue weighted by Crippen LogP contribution is -2.24. The van der Waals surface area contributed by atoms with E-state index in [-0.39, 0.29) is 11.4 Å². The van der Waals surface area contributed by atoms with Gasteiger partial charge in [0.2, 0.25) is 10.0 Å². The summed E-state index contributed by atoms with van der Waals surface area (Å²) in [6.45, 7) is 3.98. The van der Waals surface area contributed by atoms with Crippen LogP contribution in [0.15, 0.2) is 23.2 Å². The minimum absolute atomic E-state index is 0.140. The number of nitrogens with zero attached hydrogens (tertiary/aromatic N) is 3. The Hall–Kier alpha value is -1.93. The molecule has 0 saturated heterocycles. The van der Waals surface area contributed by atoms with Gasteiger partial charge in [-0.1, -0.05) is 0 Å². The Morgan fingerprint density at radius 1 is 1.29 bits per heavy atom. The van der Waals surface area contributed by atoms with Crippen LogP contribution in [0, 0.1) is 13.8 Å². The zero-order chi connectivity index (χ0) is 15.6. The summed E-state index contributed by atoms with van der Waals surface area (Å²) in [7, 11) is -0.0261. The van der Waals surface area contributed by atoms with Crippen LogP contribution in [-0.2, 0) is 23.6 Å². The first-order valence-corrected chi connectivity index (χ1v) is 7.96. The molecular formula is C13H19N5O2S. The molecule has 8 heteroatoms. The molecule has 2 aromatic rings. The van der Waals surface area contributed by atoms with Gasteiger partial charge in [-0.15, -0.1) is 0 Å². The van der Waals surface area contributed by atoms with Crippen molar-refractivity contribution in [3.05, 3.63) is 35.3 Å². The number of nitrogens with one attached hydrogen (secondary N) is 2. The second-order valence-electron chi connectivity index (χ2n) is 4.73. The molecule has 2 rings (SSSR count). The van der Waals surface area contributed by atoms with Crippen LogP contribution in [0.1, 0.15) is 17.0 Å². The van der Waals surface area contributed by atoms with E-state index in [0.717, 1.165) is 17.0 Å². The van der Waals surface area contributed by atoms with Crippen molar-refractivity contribution in [1.29, 1.82) is 0 Å². The molecule has 0 spiro atoms. The van der Waals surface area contributed by atoms with E-state index in [2.05, 4.69) is 20.1 Å². The number of aromatic nitrogens is 3. The predicted molar refractivity (Wildman–Crippen MR) is 80.5 cm³/mol. The summed E-state index contributed by atoms with van der Waals surface area (Å²) in [4.78, 5) is 4.15. The lowest BCUT2D eigenvalue weighted by atomic mass is 10.2. The smallest absolute Gasteiger partial charge is 0.242 e. The van der Waals surface area contributed by atoms with Crippen molar-refractivity contribution < 1.29 is 8.42 Å². The molecule has 114 valence electrons. The Morgan fingerprint density at radius 2 is 2.00 bits per heavy atom. The fourth-order valence-electron chi connectivity index (χ4n) is 2.01. The third-order valence-electron chi connectivity index (χ3n) is 3.40. The van der Waals surface area contributed by atoms with Crippen molar-refractivity contribution in [2.45, 2.75) is 25.3 Å². The molecule has 0 aliphatic carbocycles. The first-order chi connectivity index (χ1) is 9.85. The Labute approximate surface area is 124 Å².